The molecule has 0 saturated heterocycles. The summed E-state index contributed by atoms with van der Waals surface area (Å²) in [6, 6.07) is 11.2. The fourth-order valence-corrected chi connectivity index (χ4v) is 2.61. The molecule has 0 amide bonds. The molecule has 1 aromatic carbocycles. The maximum absolute atomic E-state index is 5.74. The molecule has 0 aromatic heterocycles. The van der Waals surface area contributed by atoms with Crippen LogP contribution in [-0.2, 0) is 11.2 Å². The van der Waals surface area contributed by atoms with E-state index in [1.807, 2.05) is 7.11 Å². The summed E-state index contributed by atoms with van der Waals surface area (Å²) < 4.78 is 5.74. The first kappa shape index (κ1) is 13.6. The molecule has 1 N–H and O–H groups in total. The minimum absolute atomic E-state index is 0.372. The summed E-state index contributed by atoms with van der Waals surface area (Å²) in [5.41, 5.74) is 1.40. The van der Waals surface area contributed by atoms with Gasteiger partial charge in [0.25, 0.3) is 0 Å². The van der Waals surface area contributed by atoms with Crippen molar-refractivity contribution in [3.8, 4) is 0 Å². The van der Waals surface area contributed by atoms with Crippen molar-refractivity contribution < 1.29 is 4.74 Å². The largest absolute Gasteiger partial charge is 0.380 e. The number of methoxy groups -OCH3 is 1. The van der Waals surface area contributed by atoms with E-state index in [-0.39, 0.29) is 0 Å². The summed E-state index contributed by atoms with van der Waals surface area (Å²) in [4.78, 5) is 0. The maximum Gasteiger partial charge on any atom is 0.0755 e. The second kappa shape index (κ2) is 6.91. The molecule has 2 heteroatoms. The first-order valence-corrected chi connectivity index (χ1v) is 7.15. The Morgan fingerprint density at radius 3 is 2.56 bits per heavy atom. The zero-order chi connectivity index (χ0) is 12.8. The van der Waals surface area contributed by atoms with Gasteiger partial charge in [-0.1, -0.05) is 37.3 Å². The van der Waals surface area contributed by atoms with Crippen molar-refractivity contribution in [3.05, 3.63) is 35.9 Å². The quantitative estimate of drug-likeness (QED) is 0.762. The van der Waals surface area contributed by atoms with E-state index >= 15 is 0 Å². The minimum atomic E-state index is 0.372. The Kier molecular flexibility index (Phi) is 5.21. The molecular formula is C16H25NO. The first-order valence-electron chi connectivity index (χ1n) is 7.15. The molecule has 0 spiro atoms. The molecule has 18 heavy (non-hydrogen) atoms. The molecule has 0 heterocycles. The average molecular weight is 247 g/mol. The van der Waals surface area contributed by atoms with E-state index in [1.54, 1.807) is 0 Å². The van der Waals surface area contributed by atoms with Crippen LogP contribution in [0.5, 0.6) is 0 Å². The van der Waals surface area contributed by atoms with Gasteiger partial charge in [-0.05, 0) is 43.7 Å². The molecule has 0 radical (unpaired) electrons. The topological polar surface area (TPSA) is 21.3 Å². The third kappa shape index (κ3) is 3.82. The molecule has 1 saturated carbocycles. The molecule has 1 fully saturated rings. The molecule has 0 aliphatic heterocycles. The number of nitrogens with one attached hydrogen (secondary N) is 1. The molecule has 2 unspecified atom stereocenters. The molecule has 2 nitrogen and oxygen atoms in total. The highest BCUT2D eigenvalue weighted by Gasteiger charge is 2.36. The Labute approximate surface area is 111 Å². The Bertz CT molecular complexity index is 334. The molecule has 0 bridgehead atoms. The minimum Gasteiger partial charge on any atom is -0.380 e. The van der Waals surface area contributed by atoms with Crippen LogP contribution in [0.3, 0.4) is 0 Å². The lowest BCUT2D eigenvalue weighted by Crippen LogP contribution is -2.44. The average Bonchev–Trinajstić information content (AvgIpc) is 3.22. The van der Waals surface area contributed by atoms with Crippen LogP contribution < -0.4 is 5.32 Å². The Morgan fingerprint density at radius 2 is 2.00 bits per heavy atom. The van der Waals surface area contributed by atoms with E-state index < -0.39 is 0 Å². The Morgan fingerprint density at radius 1 is 1.28 bits per heavy atom. The zero-order valence-corrected chi connectivity index (χ0v) is 11.6. The predicted molar refractivity (Wildman–Crippen MR) is 75.7 cm³/mol. The lowest BCUT2D eigenvalue weighted by molar-refractivity contribution is 0.0511. The summed E-state index contributed by atoms with van der Waals surface area (Å²) in [7, 11) is 1.86. The van der Waals surface area contributed by atoms with Gasteiger partial charge >= 0.3 is 0 Å². The molecule has 100 valence electrons. The smallest absolute Gasteiger partial charge is 0.0755 e. The van der Waals surface area contributed by atoms with Gasteiger partial charge in [-0.3, -0.25) is 0 Å². The van der Waals surface area contributed by atoms with Gasteiger partial charge in [0.05, 0.1) is 6.10 Å². The monoisotopic (exact) mass is 247 g/mol. The van der Waals surface area contributed by atoms with E-state index in [4.69, 9.17) is 4.74 Å². The van der Waals surface area contributed by atoms with Crippen molar-refractivity contribution in [2.75, 3.05) is 13.7 Å². The van der Waals surface area contributed by atoms with Crippen LogP contribution in [0.4, 0.5) is 0 Å². The number of rotatable bonds is 8. The van der Waals surface area contributed by atoms with Gasteiger partial charge in [-0.15, -0.1) is 0 Å². The first-order chi connectivity index (χ1) is 8.85. The molecule has 1 aliphatic carbocycles. The SMILES string of the molecule is CCCNC(Cc1ccccc1)C(OC)C1CC1. The van der Waals surface area contributed by atoms with Crippen LogP contribution in [-0.4, -0.2) is 25.8 Å². The van der Waals surface area contributed by atoms with Gasteiger partial charge in [0, 0.05) is 13.2 Å². The van der Waals surface area contributed by atoms with Crippen LogP contribution in [0, 0.1) is 5.92 Å². The maximum atomic E-state index is 5.74. The van der Waals surface area contributed by atoms with Crippen LogP contribution in [0.15, 0.2) is 30.3 Å². The van der Waals surface area contributed by atoms with Gasteiger partial charge < -0.3 is 10.1 Å². The predicted octanol–water partition coefficient (Wildman–Crippen LogP) is 3.02. The van der Waals surface area contributed by atoms with Gasteiger partial charge in [0.15, 0.2) is 0 Å². The normalized spacial score (nSPS) is 18.6. The van der Waals surface area contributed by atoms with Crippen LogP contribution in [0.25, 0.3) is 0 Å². The van der Waals surface area contributed by atoms with Gasteiger partial charge in [0.1, 0.15) is 0 Å². The molecular weight excluding hydrogens is 222 g/mol. The summed E-state index contributed by atoms with van der Waals surface area (Å²) >= 11 is 0. The number of hydrogen-bond acceptors (Lipinski definition) is 2. The van der Waals surface area contributed by atoms with Crippen molar-refractivity contribution in [1.29, 1.82) is 0 Å². The number of benzene rings is 1. The van der Waals surface area contributed by atoms with Crippen molar-refractivity contribution in [2.45, 2.75) is 44.8 Å². The second-order valence-electron chi connectivity index (χ2n) is 5.29. The Hall–Kier alpha value is -0.860. The molecule has 1 aromatic rings. The Balaban J connectivity index is 1.99. The lowest BCUT2D eigenvalue weighted by atomic mass is 9.98. The van der Waals surface area contributed by atoms with Crippen molar-refractivity contribution in [2.24, 2.45) is 5.92 Å². The van der Waals surface area contributed by atoms with E-state index in [0.29, 0.717) is 12.1 Å². The summed E-state index contributed by atoms with van der Waals surface area (Å²) in [5, 5.41) is 3.67. The van der Waals surface area contributed by atoms with Gasteiger partial charge in [-0.2, -0.15) is 0 Å². The lowest BCUT2D eigenvalue weighted by Gasteiger charge is -2.27. The van der Waals surface area contributed by atoms with E-state index in [1.165, 1.54) is 24.8 Å². The summed E-state index contributed by atoms with van der Waals surface area (Å²) in [6.45, 7) is 3.29. The fourth-order valence-electron chi connectivity index (χ4n) is 2.61. The van der Waals surface area contributed by atoms with E-state index in [9.17, 15) is 0 Å². The van der Waals surface area contributed by atoms with Crippen molar-refractivity contribution in [1.82, 2.24) is 5.32 Å². The van der Waals surface area contributed by atoms with Gasteiger partial charge in [0.2, 0.25) is 0 Å². The highest BCUT2D eigenvalue weighted by Crippen LogP contribution is 2.36. The third-order valence-electron chi connectivity index (χ3n) is 3.71. The number of ether oxygens (including phenoxy) is 1. The van der Waals surface area contributed by atoms with E-state index in [2.05, 4.69) is 42.6 Å². The highest BCUT2D eigenvalue weighted by atomic mass is 16.5. The molecule has 2 rings (SSSR count). The third-order valence-corrected chi connectivity index (χ3v) is 3.71. The van der Waals surface area contributed by atoms with Crippen molar-refractivity contribution in [3.63, 3.8) is 0 Å². The summed E-state index contributed by atoms with van der Waals surface area (Å²) in [6.07, 6.45) is 5.27. The van der Waals surface area contributed by atoms with Crippen LogP contribution in [0.1, 0.15) is 31.7 Å². The molecule has 1 aliphatic rings. The standard InChI is InChI=1S/C16H25NO/c1-3-11-17-15(16(18-2)14-9-10-14)12-13-7-5-4-6-8-13/h4-8,14-17H,3,9-12H2,1-2H3. The second-order valence-corrected chi connectivity index (χ2v) is 5.29. The van der Waals surface area contributed by atoms with Gasteiger partial charge in [-0.25, -0.2) is 0 Å². The van der Waals surface area contributed by atoms with E-state index in [0.717, 1.165) is 18.9 Å². The zero-order valence-electron chi connectivity index (χ0n) is 11.6. The fraction of sp³-hybridized carbons (Fsp3) is 0.625. The molecule has 2 atom stereocenters. The van der Waals surface area contributed by atoms with Crippen molar-refractivity contribution >= 4 is 0 Å². The van der Waals surface area contributed by atoms with Crippen LogP contribution in [0.2, 0.25) is 0 Å². The number of hydrogen-bond donors (Lipinski definition) is 1. The highest BCUT2D eigenvalue weighted by molar-refractivity contribution is 5.16. The summed E-state index contributed by atoms with van der Waals surface area (Å²) in [5.74, 6) is 0.771. The van der Waals surface area contributed by atoms with Crippen LogP contribution >= 0.6 is 0 Å².